The first kappa shape index (κ1) is 19.1. The maximum absolute atomic E-state index is 11.8. The Labute approximate surface area is 149 Å². The van der Waals surface area contributed by atoms with Crippen LogP contribution >= 0.6 is 0 Å². The molecule has 4 N–H and O–H groups in total. The van der Waals surface area contributed by atoms with Gasteiger partial charge in [-0.1, -0.05) is 13.0 Å². The lowest BCUT2D eigenvalue weighted by Gasteiger charge is -2.16. The maximum Gasteiger partial charge on any atom is 0.306 e. The second kappa shape index (κ2) is 9.30. The highest BCUT2D eigenvalue weighted by atomic mass is 16.5. The molecule has 0 bridgehead atoms. The molecule has 1 aliphatic rings. The molecule has 2 atom stereocenters. The van der Waals surface area contributed by atoms with Crippen molar-refractivity contribution in [2.45, 2.75) is 58.6 Å². The summed E-state index contributed by atoms with van der Waals surface area (Å²) in [5, 5.41) is 0. The first-order chi connectivity index (χ1) is 12.0. The van der Waals surface area contributed by atoms with Crippen LogP contribution in [-0.4, -0.2) is 24.8 Å². The van der Waals surface area contributed by atoms with E-state index < -0.39 is 0 Å². The SMILES string of the molecule is CCOC(=O)CC1CCCc2cc(OC(CC)N=C(N)N)ccc2C1. The average molecular weight is 347 g/mol. The van der Waals surface area contributed by atoms with Crippen molar-refractivity contribution in [2.24, 2.45) is 22.4 Å². The number of benzene rings is 1. The summed E-state index contributed by atoms with van der Waals surface area (Å²) in [4.78, 5) is 15.8. The summed E-state index contributed by atoms with van der Waals surface area (Å²) in [6.07, 6.45) is 4.81. The number of hydrogen-bond acceptors (Lipinski definition) is 4. The van der Waals surface area contributed by atoms with Gasteiger partial charge in [-0.25, -0.2) is 4.99 Å². The number of nitrogens with zero attached hydrogens (tertiary/aromatic N) is 1. The fourth-order valence-corrected chi connectivity index (χ4v) is 3.26. The fraction of sp³-hybridized carbons (Fsp3) is 0.579. The van der Waals surface area contributed by atoms with Gasteiger partial charge in [0.15, 0.2) is 12.2 Å². The molecule has 0 fully saturated rings. The molecule has 1 aromatic rings. The Morgan fingerprint density at radius 2 is 2.12 bits per heavy atom. The summed E-state index contributed by atoms with van der Waals surface area (Å²) >= 11 is 0. The van der Waals surface area contributed by atoms with Gasteiger partial charge in [0.25, 0.3) is 0 Å². The predicted molar refractivity (Wildman–Crippen MR) is 98.3 cm³/mol. The van der Waals surface area contributed by atoms with Crippen LogP contribution in [0.1, 0.15) is 50.7 Å². The summed E-state index contributed by atoms with van der Waals surface area (Å²) in [5.41, 5.74) is 13.4. The first-order valence-electron chi connectivity index (χ1n) is 9.04. The number of nitrogens with two attached hydrogens (primary N) is 2. The number of aliphatic imine (C=N–C) groups is 1. The van der Waals surface area contributed by atoms with Crippen molar-refractivity contribution in [3.05, 3.63) is 29.3 Å². The van der Waals surface area contributed by atoms with E-state index in [4.69, 9.17) is 20.9 Å². The van der Waals surface area contributed by atoms with E-state index in [1.54, 1.807) is 0 Å². The number of esters is 1. The molecule has 1 aromatic carbocycles. The van der Waals surface area contributed by atoms with Crippen LogP contribution in [0, 0.1) is 5.92 Å². The van der Waals surface area contributed by atoms with Crippen LogP contribution in [-0.2, 0) is 22.4 Å². The first-order valence-corrected chi connectivity index (χ1v) is 9.04. The zero-order valence-electron chi connectivity index (χ0n) is 15.2. The minimum atomic E-state index is -0.370. The number of rotatable bonds is 7. The molecule has 138 valence electrons. The Morgan fingerprint density at radius 3 is 2.80 bits per heavy atom. The molecule has 2 unspecified atom stereocenters. The van der Waals surface area contributed by atoms with Crippen molar-refractivity contribution in [2.75, 3.05) is 6.61 Å². The Kier molecular flexibility index (Phi) is 7.10. The van der Waals surface area contributed by atoms with Gasteiger partial charge in [0, 0.05) is 12.8 Å². The molecule has 6 heteroatoms. The molecular weight excluding hydrogens is 318 g/mol. The topological polar surface area (TPSA) is 99.9 Å². The van der Waals surface area contributed by atoms with Crippen LogP contribution in [0.15, 0.2) is 23.2 Å². The molecular formula is C19H29N3O3. The van der Waals surface area contributed by atoms with Gasteiger partial charge in [-0.2, -0.15) is 0 Å². The Hall–Kier alpha value is -2.24. The quantitative estimate of drug-likeness (QED) is 0.342. The molecule has 0 aromatic heterocycles. The van der Waals surface area contributed by atoms with E-state index >= 15 is 0 Å². The van der Waals surface area contributed by atoms with E-state index in [1.807, 2.05) is 19.9 Å². The zero-order chi connectivity index (χ0) is 18.2. The van der Waals surface area contributed by atoms with Gasteiger partial charge in [0.2, 0.25) is 0 Å². The number of ether oxygens (including phenoxy) is 2. The van der Waals surface area contributed by atoms with Gasteiger partial charge < -0.3 is 20.9 Å². The van der Waals surface area contributed by atoms with Crippen molar-refractivity contribution >= 4 is 11.9 Å². The van der Waals surface area contributed by atoms with E-state index in [2.05, 4.69) is 17.1 Å². The molecule has 0 amide bonds. The van der Waals surface area contributed by atoms with Crippen molar-refractivity contribution < 1.29 is 14.3 Å². The van der Waals surface area contributed by atoms with Crippen LogP contribution in [0.2, 0.25) is 0 Å². The van der Waals surface area contributed by atoms with Gasteiger partial charge in [-0.15, -0.1) is 0 Å². The lowest BCUT2D eigenvalue weighted by atomic mass is 9.94. The lowest BCUT2D eigenvalue weighted by molar-refractivity contribution is -0.144. The second-order valence-corrected chi connectivity index (χ2v) is 6.44. The highest BCUT2D eigenvalue weighted by Crippen LogP contribution is 2.30. The van der Waals surface area contributed by atoms with Crippen LogP contribution in [0.4, 0.5) is 0 Å². The molecule has 2 rings (SSSR count). The lowest BCUT2D eigenvalue weighted by Crippen LogP contribution is -2.27. The molecule has 0 spiro atoms. The zero-order valence-corrected chi connectivity index (χ0v) is 15.2. The van der Waals surface area contributed by atoms with Gasteiger partial charge in [0.1, 0.15) is 5.75 Å². The third kappa shape index (κ3) is 5.96. The highest BCUT2D eigenvalue weighted by molar-refractivity contribution is 5.75. The van der Waals surface area contributed by atoms with Gasteiger partial charge >= 0.3 is 5.97 Å². The van der Waals surface area contributed by atoms with Crippen molar-refractivity contribution in [1.82, 2.24) is 0 Å². The number of guanidine groups is 1. The summed E-state index contributed by atoms with van der Waals surface area (Å²) in [6, 6.07) is 6.12. The molecule has 1 aliphatic carbocycles. The van der Waals surface area contributed by atoms with E-state index in [1.165, 1.54) is 11.1 Å². The molecule has 0 saturated carbocycles. The second-order valence-electron chi connectivity index (χ2n) is 6.44. The van der Waals surface area contributed by atoms with E-state index in [0.29, 0.717) is 25.4 Å². The number of carbonyl (C=O) groups excluding carboxylic acids is 1. The Balaban J connectivity index is 2.06. The Bertz CT molecular complexity index is 612. The van der Waals surface area contributed by atoms with E-state index in [-0.39, 0.29) is 18.2 Å². The summed E-state index contributed by atoms with van der Waals surface area (Å²) in [6.45, 7) is 4.26. The van der Waals surface area contributed by atoms with Gasteiger partial charge in [-0.05, 0) is 61.8 Å². The number of aryl methyl sites for hydroxylation is 1. The standard InChI is InChI=1S/C19H29N3O3/c1-3-17(22-19(20)21)25-16-9-8-15-10-13(11-18(23)24-4-2)6-5-7-14(15)12-16/h8-9,12-13,17H,3-7,10-11H2,1-2H3,(H4,20,21,22). The molecule has 25 heavy (non-hydrogen) atoms. The van der Waals surface area contributed by atoms with Gasteiger partial charge in [0.05, 0.1) is 6.61 Å². The fourth-order valence-electron chi connectivity index (χ4n) is 3.26. The van der Waals surface area contributed by atoms with Crippen molar-refractivity contribution in [3.63, 3.8) is 0 Å². The summed E-state index contributed by atoms with van der Waals surface area (Å²) in [5.74, 6) is 1.05. The maximum atomic E-state index is 11.8. The van der Waals surface area contributed by atoms with Crippen LogP contribution in [0.5, 0.6) is 5.75 Å². The number of fused-ring (bicyclic) bond motifs is 1. The minimum Gasteiger partial charge on any atom is -0.469 e. The molecule has 0 aliphatic heterocycles. The summed E-state index contributed by atoms with van der Waals surface area (Å²) in [7, 11) is 0. The monoisotopic (exact) mass is 347 g/mol. The molecule has 0 saturated heterocycles. The van der Waals surface area contributed by atoms with E-state index in [0.717, 1.165) is 31.4 Å². The predicted octanol–water partition coefficient (Wildman–Crippen LogP) is 2.52. The molecule has 0 heterocycles. The molecule has 6 nitrogen and oxygen atoms in total. The third-order valence-electron chi connectivity index (χ3n) is 4.42. The Morgan fingerprint density at radius 1 is 1.32 bits per heavy atom. The highest BCUT2D eigenvalue weighted by Gasteiger charge is 2.20. The van der Waals surface area contributed by atoms with E-state index in [9.17, 15) is 4.79 Å². The third-order valence-corrected chi connectivity index (χ3v) is 4.42. The van der Waals surface area contributed by atoms with Crippen molar-refractivity contribution in [3.8, 4) is 5.75 Å². The van der Waals surface area contributed by atoms with Crippen LogP contribution in [0.25, 0.3) is 0 Å². The minimum absolute atomic E-state index is 0.0309. The average Bonchev–Trinajstić information content (AvgIpc) is 2.75. The number of carbonyl (C=O) groups is 1. The van der Waals surface area contributed by atoms with Gasteiger partial charge in [-0.3, -0.25) is 4.79 Å². The van der Waals surface area contributed by atoms with Crippen LogP contribution in [0.3, 0.4) is 0 Å². The molecule has 0 radical (unpaired) electrons. The summed E-state index contributed by atoms with van der Waals surface area (Å²) < 4.78 is 11.0. The van der Waals surface area contributed by atoms with Crippen LogP contribution < -0.4 is 16.2 Å². The number of hydrogen-bond donors (Lipinski definition) is 2. The normalized spacial score (nSPS) is 17.8. The largest absolute Gasteiger partial charge is 0.469 e. The smallest absolute Gasteiger partial charge is 0.306 e. The van der Waals surface area contributed by atoms with Crippen molar-refractivity contribution in [1.29, 1.82) is 0 Å².